The Balaban J connectivity index is 1.36. The second-order valence-electron chi connectivity index (χ2n) is 10.7. The van der Waals surface area contributed by atoms with Gasteiger partial charge in [-0.1, -0.05) is 55.8 Å². The number of hydrogen-bond donors (Lipinski definition) is 1. The van der Waals surface area contributed by atoms with Crippen LogP contribution in [0.1, 0.15) is 58.4 Å². The van der Waals surface area contributed by atoms with Gasteiger partial charge in [-0.25, -0.2) is 0 Å². The van der Waals surface area contributed by atoms with E-state index in [1.165, 1.54) is 43.0 Å². The summed E-state index contributed by atoms with van der Waals surface area (Å²) in [7, 11) is 0. The van der Waals surface area contributed by atoms with E-state index in [4.69, 9.17) is 0 Å². The van der Waals surface area contributed by atoms with Gasteiger partial charge < -0.3 is 9.67 Å². The number of para-hydroxylation sites is 1. The Kier molecular flexibility index (Phi) is 3.79. The maximum absolute atomic E-state index is 10.2. The number of aliphatic hydroxyl groups is 1. The molecule has 6 rings (SSSR count). The van der Waals surface area contributed by atoms with Crippen molar-refractivity contribution in [2.24, 2.45) is 28.6 Å². The average Bonchev–Trinajstić information content (AvgIpc) is 3.29. The van der Waals surface area contributed by atoms with Crippen LogP contribution < -0.4 is 0 Å². The van der Waals surface area contributed by atoms with Crippen molar-refractivity contribution in [3.05, 3.63) is 60.3 Å². The fourth-order valence-corrected chi connectivity index (χ4v) is 7.90. The number of hydrogen-bond acceptors (Lipinski definition) is 1. The predicted molar refractivity (Wildman–Crippen MR) is 119 cm³/mol. The molecule has 2 fully saturated rings. The molecule has 1 aromatic heterocycles. The van der Waals surface area contributed by atoms with Gasteiger partial charge in [0, 0.05) is 11.7 Å². The monoisotopic (exact) mass is 387 g/mol. The molecule has 0 spiro atoms. The molecule has 4 unspecified atom stereocenters. The molecule has 1 N–H and O–H groups in total. The summed E-state index contributed by atoms with van der Waals surface area (Å²) in [6.07, 6.45) is 16.7. The number of aliphatic hydroxyl groups excluding tert-OH is 1. The smallest absolute Gasteiger partial charge is 0.0724 e. The van der Waals surface area contributed by atoms with Crippen LogP contribution in [-0.4, -0.2) is 15.8 Å². The quantitative estimate of drug-likeness (QED) is 0.572. The lowest BCUT2D eigenvalue weighted by molar-refractivity contribution is -0.0425. The number of benzene rings is 1. The van der Waals surface area contributed by atoms with Gasteiger partial charge in [0.25, 0.3) is 0 Å². The minimum absolute atomic E-state index is 0.207. The number of aromatic nitrogens is 1. The summed E-state index contributed by atoms with van der Waals surface area (Å²) in [5.74, 6) is 2.24. The summed E-state index contributed by atoms with van der Waals surface area (Å²) in [5.41, 5.74) is 3.56. The van der Waals surface area contributed by atoms with Gasteiger partial charge in [-0.2, -0.15) is 0 Å². The van der Waals surface area contributed by atoms with Crippen LogP contribution in [0.25, 0.3) is 10.9 Å². The first-order valence-corrected chi connectivity index (χ1v) is 11.6. The molecule has 0 radical (unpaired) electrons. The van der Waals surface area contributed by atoms with Crippen molar-refractivity contribution in [1.29, 1.82) is 0 Å². The van der Waals surface area contributed by atoms with Crippen molar-refractivity contribution < 1.29 is 5.11 Å². The summed E-state index contributed by atoms with van der Waals surface area (Å²) < 4.78 is 2.54. The van der Waals surface area contributed by atoms with Gasteiger partial charge >= 0.3 is 0 Å². The average molecular weight is 388 g/mol. The molecule has 2 nitrogen and oxygen atoms in total. The first-order chi connectivity index (χ1) is 14.0. The lowest BCUT2D eigenvalue weighted by Gasteiger charge is -2.58. The zero-order valence-corrected chi connectivity index (χ0v) is 17.7. The van der Waals surface area contributed by atoms with Crippen molar-refractivity contribution in [1.82, 2.24) is 4.57 Å². The topological polar surface area (TPSA) is 25.2 Å². The Labute approximate surface area is 174 Å². The lowest BCUT2D eigenvalue weighted by Crippen LogP contribution is -2.51. The van der Waals surface area contributed by atoms with Crippen molar-refractivity contribution in [3.8, 4) is 0 Å². The van der Waals surface area contributed by atoms with Crippen molar-refractivity contribution in [2.45, 2.75) is 64.5 Å². The van der Waals surface area contributed by atoms with E-state index in [-0.39, 0.29) is 6.10 Å². The minimum atomic E-state index is -0.207. The molecule has 1 heterocycles. The Bertz CT molecular complexity index is 1010. The first-order valence-electron chi connectivity index (χ1n) is 11.6. The molecule has 0 saturated heterocycles. The van der Waals surface area contributed by atoms with Gasteiger partial charge in [-0.15, -0.1) is 0 Å². The number of rotatable bonds is 1. The molecular weight excluding hydrogens is 354 g/mol. The van der Waals surface area contributed by atoms with E-state index in [1.54, 1.807) is 5.57 Å². The Morgan fingerprint density at radius 3 is 2.76 bits per heavy atom. The third kappa shape index (κ3) is 2.39. The first kappa shape index (κ1) is 18.0. The molecule has 0 amide bonds. The lowest BCUT2D eigenvalue weighted by atomic mass is 9.47. The fourth-order valence-electron chi connectivity index (χ4n) is 7.90. The van der Waals surface area contributed by atoms with E-state index in [1.807, 2.05) is 0 Å². The Morgan fingerprint density at radius 2 is 1.86 bits per heavy atom. The standard InChI is InChI=1S/C27H33NO/c1-26-14-11-20(29)17-19(26)7-8-21-22-9-10-25(27(22,2)15-12-23(21)26)28-16-13-18-5-3-4-6-24(18)28/h3-6,9-10,13,16-17,20-23,25,29H,7-8,11-12,14-15H2,1-2H3/t20-,21?,22?,23?,25?,26-,27-/m0/s1. The van der Waals surface area contributed by atoms with Gasteiger partial charge in [0.1, 0.15) is 0 Å². The second kappa shape index (κ2) is 6.11. The largest absolute Gasteiger partial charge is 0.389 e. The second-order valence-corrected chi connectivity index (χ2v) is 10.7. The van der Waals surface area contributed by atoms with E-state index in [2.05, 4.69) is 73.2 Å². The highest BCUT2D eigenvalue weighted by Gasteiger charge is 2.57. The number of allylic oxidation sites excluding steroid dienone is 3. The number of nitrogens with zero attached hydrogens (tertiary/aromatic N) is 1. The molecule has 7 atom stereocenters. The van der Waals surface area contributed by atoms with Crippen LogP contribution >= 0.6 is 0 Å². The molecule has 2 aromatic rings. The maximum Gasteiger partial charge on any atom is 0.0724 e. The SMILES string of the molecule is C[C@]12CCC3C(CCC4=C[C@@H](O)CC[C@@]43C)C1C=CC2n1ccc2ccccc21. The molecule has 0 bridgehead atoms. The highest BCUT2D eigenvalue weighted by molar-refractivity contribution is 5.80. The van der Waals surface area contributed by atoms with Gasteiger partial charge in [0.2, 0.25) is 0 Å². The fraction of sp³-hybridized carbons (Fsp3) is 0.556. The van der Waals surface area contributed by atoms with Crippen LogP contribution in [0.15, 0.2) is 60.3 Å². The molecule has 0 aliphatic heterocycles. The van der Waals surface area contributed by atoms with Crippen molar-refractivity contribution in [2.75, 3.05) is 0 Å². The van der Waals surface area contributed by atoms with E-state index in [0.29, 0.717) is 22.8 Å². The zero-order valence-electron chi connectivity index (χ0n) is 17.7. The maximum atomic E-state index is 10.2. The van der Waals surface area contributed by atoms with Crippen LogP contribution in [0.3, 0.4) is 0 Å². The van der Waals surface area contributed by atoms with Crippen LogP contribution in [0.4, 0.5) is 0 Å². The van der Waals surface area contributed by atoms with Crippen LogP contribution in [0, 0.1) is 28.6 Å². The minimum Gasteiger partial charge on any atom is -0.389 e. The van der Waals surface area contributed by atoms with E-state index < -0.39 is 0 Å². The van der Waals surface area contributed by atoms with Crippen LogP contribution in [0.2, 0.25) is 0 Å². The molecule has 2 saturated carbocycles. The molecule has 2 heteroatoms. The van der Waals surface area contributed by atoms with Gasteiger partial charge in [0.05, 0.1) is 12.1 Å². The van der Waals surface area contributed by atoms with Gasteiger partial charge in [-0.05, 0) is 84.6 Å². The number of fused-ring (bicyclic) bond motifs is 6. The third-order valence-electron chi connectivity index (χ3n) is 9.49. The van der Waals surface area contributed by atoms with Crippen LogP contribution in [-0.2, 0) is 0 Å². The Morgan fingerprint density at radius 1 is 1.00 bits per heavy atom. The highest BCUT2D eigenvalue weighted by Crippen LogP contribution is 2.66. The highest BCUT2D eigenvalue weighted by atomic mass is 16.3. The summed E-state index contributed by atoms with van der Waals surface area (Å²) in [6.45, 7) is 5.07. The van der Waals surface area contributed by atoms with Gasteiger partial charge in [0.15, 0.2) is 0 Å². The summed E-state index contributed by atoms with van der Waals surface area (Å²) in [5, 5.41) is 11.5. The summed E-state index contributed by atoms with van der Waals surface area (Å²) >= 11 is 0. The summed E-state index contributed by atoms with van der Waals surface area (Å²) in [6, 6.07) is 11.6. The van der Waals surface area contributed by atoms with E-state index in [9.17, 15) is 5.11 Å². The molecule has 1 aromatic carbocycles. The van der Waals surface area contributed by atoms with Crippen molar-refractivity contribution >= 4 is 10.9 Å². The van der Waals surface area contributed by atoms with Gasteiger partial charge in [-0.3, -0.25) is 0 Å². The normalized spacial score (nSPS) is 43.6. The predicted octanol–water partition coefficient (Wildman–Crippen LogP) is 6.28. The zero-order chi connectivity index (χ0) is 19.8. The molecule has 29 heavy (non-hydrogen) atoms. The third-order valence-corrected chi connectivity index (χ3v) is 9.49. The van der Waals surface area contributed by atoms with Crippen LogP contribution in [0.5, 0.6) is 0 Å². The molecule has 152 valence electrons. The molecule has 4 aliphatic carbocycles. The Hall–Kier alpha value is -1.80. The van der Waals surface area contributed by atoms with E-state index in [0.717, 1.165) is 18.3 Å². The summed E-state index contributed by atoms with van der Waals surface area (Å²) in [4.78, 5) is 0. The van der Waals surface area contributed by atoms with E-state index >= 15 is 0 Å². The van der Waals surface area contributed by atoms with Crippen molar-refractivity contribution in [3.63, 3.8) is 0 Å². The molecular formula is C27H33NO. The molecule has 4 aliphatic rings.